The van der Waals surface area contributed by atoms with Crippen molar-refractivity contribution in [2.75, 3.05) is 11.9 Å². The SMILES string of the molecule is CCOc1ccc(Nc2c([N+](=O)[O-])cc(C(F)(F)F)cc2[N+](=O)[O-])c([N+](=O)[O-])c1. The lowest BCUT2D eigenvalue weighted by Crippen LogP contribution is -2.10. The third kappa shape index (κ3) is 4.66. The van der Waals surface area contributed by atoms with E-state index in [0.29, 0.717) is 0 Å². The number of hydrogen-bond donors (Lipinski definition) is 1. The highest BCUT2D eigenvalue weighted by atomic mass is 19.4. The maximum absolute atomic E-state index is 13.0. The number of benzene rings is 2. The number of rotatable bonds is 7. The van der Waals surface area contributed by atoms with E-state index in [0.717, 1.165) is 12.1 Å². The van der Waals surface area contributed by atoms with Crippen LogP contribution in [0.4, 0.5) is 41.6 Å². The van der Waals surface area contributed by atoms with Crippen molar-refractivity contribution in [2.24, 2.45) is 0 Å². The van der Waals surface area contributed by atoms with Crippen molar-refractivity contribution in [3.8, 4) is 5.75 Å². The van der Waals surface area contributed by atoms with Gasteiger partial charge in [0.25, 0.3) is 17.1 Å². The van der Waals surface area contributed by atoms with Crippen molar-refractivity contribution in [1.82, 2.24) is 0 Å². The molecule has 154 valence electrons. The van der Waals surface area contributed by atoms with E-state index in [1.165, 1.54) is 6.07 Å². The van der Waals surface area contributed by atoms with Crippen molar-refractivity contribution in [1.29, 1.82) is 0 Å². The molecule has 0 amide bonds. The smallest absolute Gasteiger partial charge is 0.416 e. The van der Waals surface area contributed by atoms with Crippen molar-refractivity contribution in [3.05, 3.63) is 66.2 Å². The molecule has 0 spiro atoms. The van der Waals surface area contributed by atoms with Crippen LogP contribution in [0.5, 0.6) is 5.75 Å². The lowest BCUT2D eigenvalue weighted by Gasteiger charge is -2.12. The minimum Gasteiger partial charge on any atom is -0.494 e. The van der Waals surface area contributed by atoms with E-state index in [2.05, 4.69) is 5.32 Å². The molecule has 1 N–H and O–H groups in total. The molecule has 0 aliphatic carbocycles. The van der Waals surface area contributed by atoms with Gasteiger partial charge in [-0.2, -0.15) is 13.2 Å². The first-order valence-electron chi connectivity index (χ1n) is 7.68. The summed E-state index contributed by atoms with van der Waals surface area (Å²) in [5.74, 6) is 0.0844. The molecule has 0 aliphatic heterocycles. The summed E-state index contributed by atoms with van der Waals surface area (Å²) >= 11 is 0. The molecular weight excluding hydrogens is 405 g/mol. The van der Waals surface area contributed by atoms with Gasteiger partial charge in [0.05, 0.1) is 33.0 Å². The van der Waals surface area contributed by atoms with Gasteiger partial charge in [-0.25, -0.2) is 0 Å². The predicted molar refractivity (Wildman–Crippen MR) is 92.3 cm³/mol. The first kappa shape index (κ1) is 21.3. The van der Waals surface area contributed by atoms with E-state index in [4.69, 9.17) is 4.74 Å². The third-order valence-corrected chi connectivity index (χ3v) is 3.55. The van der Waals surface area contributed by atoms with E-state index in [-0.39, 0.29) is 24.5 Å². The fourth-order valence-corrected chi connectivity index (χ4v) is 2.35. The summed E-state index contributed by atoms with van der Waals surface area (Å²) in [6, 6.07) is 3.49. The average molecular weight is 416 g/mol. The van der Waals surface area contributed by atoms with Gasteiger partial charge in [-0.15, -0.1) is 0 Å². The normalized spacial score (nSPS) is 11.0. The van der Waals surface area contributed by atoms with Crippen LogP contribution in [0.2, 0.25) is 0 Å². The molecule has 0 saturated heterocycles. The fraction of sp³-hybridized carbons (Fsp3) is 0.200. The van der Waals surface area contributed by atoms with Crippen LogP contribution in [-0.4, -0.2) is 21.4 Å². The Labute approximate surface area is 159 Å². The van der Waals surface area contributed by atoms with Gasteiger partial charge in [0.15, 0.2) is 5.69 Å². The van der Waals surface area contributed by atoms with Crippen LogP contribution < -0.4 is 10.1 Å². The van der Waals surface area contributed by atoms with Crippen LogP contribution in [0.1, 0.15) is 12.5 Å². The van der Waals surface area contributed by atoms with E-state index in [9.17, 15) is 43.5 Å². The van der Waals surface area contributed by atoms with Crippen molar-refractivity contribution >= 4 is 28.4 Å². The lowest BCUT2D eigenvalue weighted by atomic mass is 10.1. The number of alkyl halides is 3. The zero-order chi connectivity index (χ0) is 21.9. The Morgan fingerprint density at radius 1 is 0.931 bits per heavy atom. The molecule has 0 radical (unpaired) electrons. The third-order valence-electron chi connectivity index (χ3n) is 3.55. The van der Waals surface area contributed by atoms with Crippen molar-refractivity contribution in [2.45, 2.75) is 13.1 Å². The number of nitro groups is 3. The van der Waals surface area contributed by atoms with Gasteiger partial charge in [-0.3, -0.25) is 30.3 Å². The minimum absolute atomic E-state index is 0.0844. The Morgan fingerprint density at radius 3 is 1.86 bits per heavy atom. The quantitative estimate of drug-likeness (QED) is 0.509. The van der Waals surface area contributed by atoms with E-state index >= 15 is 0 Å². The molecule has 0 bridgehead atoms. The number of anilines is 2. The van der Waals surface area contributed by atoms with Gasteiger partial charge >= 0.3 is 6.18 Å². The van der Waals surface area contributed by atoms with Gasteiger partial charge in [-0.1, -0.05) is 0 Å². The number of ether oxygens (including phenoxy) is 1. The van der Waals surface area contributed by atoms with Gasteiger partial charge in [0.2, 0.25) is 0 Å². The first-order chi connectivity index (χ1) is 13.5. The maximum Gasteiger partial charge on any atom is 0.416 e. The zero-order valence-electron chi connectivity index (χ0n) is 14.4. The van der Waals surface area contributed by atoms with Crippen molar-refractivity contribution < 1.29 is 32.7 Å². The summed E-state index contributed by atoms with van der Waals surface area (Å²) in [7, 11) is 0. The summed E-state index contributed by atoms with van der Waals surface area (Å²) in [5, 5.41) is 35.9. The minimum atomic E-state index is -5.08. The summed E-state index contributed by atoms with van der Waals surface area (Å²) in [5.41, 5.74) is -6.14. The monoisotopic (exact) mass is 416 g/mol. The first-order valence-corrected chi connectivity index (χ1v) is 7.68. The molecule has 0 aromatic heterocycles. The summed E-state index contributed by atoms with van der Waals surface area (Å²) in [6.45, 7) is 1.80. The lowest BCUT2D eigenvalue weighted by molar-refractivity contribution is -0.392. The molecule has 2 rings (SSSR count). The number of nitrogens with zero attached hydrogens (tertiary/aromatic N) is 3. The maximum atomic E-state index is 13.0. The Morgan fingerprint density at radius 2 is 1.45 bits per heavy atom. The van der Waals surface area contributed by atoms with Crippen LogP contribution in [-0.2, 0) is 6.18 Å². The molecule has 0 unspecified atom stereocenters. The van der Waals surface area contributed by atoms with Crippen LogP contribution >= 0.6 is 0 Å². The largest absolute Gasteiger partial charge is 0.494 e. The number of nitro benzene ring substituents is 3. The molecular formula is C15H11F3N4O7. The van der Waals surface area contributed by atoms with Crippen LogP contribution in [0.3, 0.4) is 0 Å². The predicted octanol–water partition coefficient (Wildman–Crippen LogP) is 4.57. The standard InChI is InChI=1S/C15H11F3N4O7/c1-2-29-9-3-4-10(11(7-9)20(23)24)19-14-12(21(25)26)5-8(15(16,17)18)6-13(14)22(27)28/h3-7,19H,2H2,1H3. The highest BCUT2D eigenvalue weighted by molar-refractivity contribution is 5.83. The van der Waals surface area contributed by atoms with E-state index < -0.39 is 54.9 Å². The molecule has 11 nitrogen and oxygen atoms in total. The van der Waals surface area contributed by atoms with Gasteiger partial charge in [0.1, 0.15) is 11.4 Å². The number of halogens is 3. The Hall–Kier alpha value is -3.97. The number of nitrogens with one attached hydrogen (secondary N) is 1. The molecule has 0 heterocycles. The molecule has 0 fully saturated rings. The molecule has 2 aromatic rings. The molecule has 0 saturated carbocycles. The zero-order valence-corrected chi connectivity index (χ0v) is 14.4. The Bertz CT molecular complexity index is 959. The Balaban J connectivity index is 2.70. The van der Waals surface area contributed by atoms with Crippen molar-refractivity contribution in [3.63, 3.8) is 0 Å². The van der Waals surface area contributed by atoms with Gasteiger partial charge < -0.3 is 10.1 Å². The highest BCUT2D eigenvalue weighted by Gasteiger charge is 2.38. The summed E-state index contributed by atoms with van der Waals surface area (Å²) < 4.78 is 44.0. The van der Waals surface area contributed by atoms with Crippen LogP contribution in [0, 0.1) is 30.3 Å². The number of hydrogen-bond acceptors (Lipinski definition) is 8. The molecule has 29 heavy (non-hydrogen) atoms. The molecule has 0 aliphatic rings. The second-order valence-corrected chi connectivity index (χ2v) is 5.40. The Kier molecular flexibility index (Phi) is 5.85. The fourth-order valence-electron chi connectivity index (χ4n) is 2.35. The van der Waals surface area contributed by atoms with E-state index in [1.807, 2.05) is 0 Å². The molecule has 14 heteroatoms. The second kappa shape index (κ2) is 7.95. The average Bonchev–Trinajstić information content (AvgIpc) is 2.61. The van der Waals surface area contributed by atoms with Gasteiger partial charge in [-0.05, 0) is 19.1 Å². The topological polar surface area (TPSA) is 151 Å². The van der Waals surface area contributed by atoms with Gasteiger partial charge in [0, 0.05) is 12.1 Å². The molecule has 0 atom stereocenters. The summed E-state index contributed by atoms with van der Waals surface area (Å²) in [6.07, 6.45) is -5.08. The summed E-state index contributed by atoms with van der Waals surface area (Å²) in [4.78, 5) is 30.4. The molecule has 2 aromatic carbocycles. The van der Waals surface area contributed by atoms with Crippen LogP contribution in [0.15, 0.2) is 30.3 Å². The highest BCUT2D eigenvalue weighted by Crippen LogP contribution is 2.43. The van der Waals surface area contributed by atoms with Crippen LogP contribution in [0.25, 0.3) is 0 Å². The van der Waals surface area contributed by atoms with E-state index in [1.54, 1.807) is 6.92 Å². The second-order valence-electron chi connectivity index (χ2n) is 5.40.